The fourth-order valence-corrected chi connectivity index (χ4v) is 2.98. The first-order valence-electron chi connectivity index (χ1n) is 10.0. The molecular weight excluding hydrogens is 396 g/mol. The zero-order valence-electron chi connectivity index (χ0n) is 18.5. The van der Waals surface area contributed by atoms with Crippen molar-refractivity contribution in [2.24, 2.45) is 0 Å². The van der Waals surface area contributed by atoms with Crippen molar-refractivity contribution in [3.8, 4) is 5.75 Å². The van der Waals surface area contributed by atoms with E-state index >= 15 is 0 Å². The second-order valence-electron chi connectivity index (χ2n) is 7.36. The highest BCUT2D eigenvalue weighted by atomic mass is 16.5. The maximum atomic E-state index is 12.5. The monoisotopic (exact) mass is 426 g/mol. The van der Waals surface area contributed by atoms with E-state index in [1.807, 2.05) is 31.2 Å². The van der Waals surface area contributed by atoms with E-state index in [1.54, 1.807) is 42.1 Å². The van der Waals surface area contributed by atoms with Gasteiger partial charge in [-0.05, 0) is 42.7 Å². The Balaban J connectivity index is 1.96. The number of carbonyl (C=O) groups is 3. The van der Waals surface area contributed by atoms with E-state index in [9.17, 15) is 14.4 Å². The van der Waals surface area contributed by atoms with Crippen molar-refractivity contribution < 1.29 is 19.1 Å². The van der Waals surface area contributed by atoms with Crippen LogP contribution in [0.4, 0.5) is 16.2 Å². The molecule has 0 fully saturated rings. The molecule has 0 radical (unpaired) electrons. The van der Waals surface area contributed by atoms with Gasteiger partial charge in [0.15, 0.2) is 0 Å². The molecule has 0 aliphatic heterocycles. The lowest BCUT2D eigenvalue weighted by molar-refractivity contribution is -0.129. The highest BCUT2D eigenvalue weighted by Gasteiger charge is 2.13. The molecule has 0 saturated carbocycles. The van der Waals surface area contributed by atoms with Crippen LogP contribution in [0.25, 0.3) is 0 Å². The first-order valence-corrected chi connectivity index (χ1v) is 10.0. The highest BCUT2D eigenvalue weighted by molar-refractivity contribution is 6.01. The van der Waals surface area contributed by atoms with Crippen molar-refractivity contribution in [3.63, 3.8) is 0 Å². The topological polar surface area (TPSA) is 91.0 Å². The van der Waals surface area contributed by atoms with Crippen LogP contribution in [-0.2, 0) is 16.0 Å². The molecule has 0 aliphatic carbocycles. The van der Waals surface area contributed by atoms with Gasteiger partial charge >= 0.3 is 6.03 Å². The Labute approximate surface area is 183 Å². The molecule has 0 aromatic heterocycles. The lowest BCUT2D eigenvalue weighted by Crippen LogP contribution is -2.31. The Morgan fingerprint density at radius 3 is 2.42 bits per heavy atom. The molecule has 4 amide bonds. The second kappa shape index (κ2) is 11.6. The number of rotatable bonds is 10. The van der Waals surface area contributed by atoms with Crippen molar-refractivity contribution in [2.75, 3.05) is 44.9 Å². The molecule has 0 atom stereocenters. The molecule has 2 aromatic carbocycles. The molecule has 2 N–H and O–H groups in total. The zero-order valence-corrected chi connectivity index (χ0v) is 18.5. The van der Waals surface area contributed by atoms with Gasteiger partial charge in [-0.25, -0.2) is 4.79 Å². The quantitative estimate of drug-likeness (QED) is 0.571. The third-order valence-electron chi connectivity index (χ3n) is 4.87. The maximum Gasteiger partial charge on any atom is 0.323 e. The van der Waals surface area contributed by atoms with Gasteiger partial charge < -0.3 is 25.2 Å². The number of anilines is 2. The fourth-order valence-electron chi connectivity index (χ4n) is 2.98. The standard InChI is InChI=1S/C23H30N4O4/c1-17-8-5-6-9-19(17)24-23(30)25-20-11-10-18(14-21(20)31-4)15-22(29)27(3)13-7-12-26(2)16-28/h5-6,8-11,14,16H,7,12-13,15H2,1-4H3,(H2,24,25,30). The first-order chi connectivity index (χ1) is 14.8. The van der Waals surface area contributed by atoms with E-state index in [0.29, 0.717) is 30.9 Å². The summed E-state index contributed by atoms with van der Waals surface area (Å²) in [5, 5.41) is 5.59. The van der Waals surface area contributed by atoms with Gasteiger partial charge in [0.05, 0.1) is 19.2 Å². The van der Waals surface area contributed by atoms with Gasteiger partial charge in [-0.1, -0.05) is 24.3 Å². The summed E-state index contributed by atoms with van der Waals surface area (Å²) in [6.45, 7) is 3.08. The predicted molar refractivity (Wildman–Crippen MR) is 121 cm³/mol. The molecule has 0 heterocycles. The van der Waals surface area contributed by atoms with Crippen LogP contribution >= 0.6 is 0 Å². The number of benzene rings is 2. The Kier molecular flexibility index (Phi) is 8.87. The summed E-state index contributed by atoms with van der Waals surface area (Å²) in [5.41, 5.74) is 2.97. The van der Waals surface area contributed by atoms with E-state index in [2.05, 4.69) is 10.6 Å². The molecule has 0 saturated heterocycles. The summed E-state index contributed by atoms with van der Waals surface area (Å²) in [7, 11) is 4.96. The van der Waals surface area contributed by atoms with Gasteiger partial charge in [0.25, 0.3) is 0 Å². The summed E-state index contributed by atoms with van der Waals surface area (Å²) < 4.78 is 5.40. The molecule has 2 rings (SSSR count). The number of likely N-dealkylation sites (N-methyl/N-ethyl adjacent to an activating group) is 1. The van der Waals surface area contributed by atoms with Crippen LogP contribution in [0.3, 0.4) is 0 Å². The van der Waals surface area contributed by atoms with E-state index < -0.39 is 0 Å². The second-order valence-corrected chi connectivity index (χ2v) is 7.36. The lowest BCUT2D eigenvalue weighted by Gasteiger charge is -2.19. The molecule has 0 unspecified atom stereocenters. The summed E-state index contributed by atoms with van der Waals surface area (Å²) in [5.74, 6) is 0.439. The molecule has 8 nitrogen and oxygen atoms in total. The number of aryl methyl sites for hydroxylation is 1. The molecule has 8 heteroatoms. The number of hydrogen-bond acceptors (Lipinski definition) is 4. The summed E-state index contributed by atoms with van der Waals surface area (Å²) in [6, 6.07) is 12.4. The van der Waals surface area contributed by atoms with Crippen molar-refractivity contribution in [2.45, 2.75) is 19.8 Å². The number of ether oxygens (including phenoxy) is 1. The van der Waals surface area contributed by atoms with Crippen LogP contribution in [0.5, 0.6) is 5.75 Å². The van der Waals surface area contributed by atoms with Crippen molar-refractivity contribution >= 4 is 29.7 Å². The molecule has 0 aliphatic rings. The van der Waals surface area contributed by atoms with E-state index in [-0.39, 0.29) is 18.4 Å². The smallest absolute Gasteiger partial charge is 0.323 e. The minimum absolute atomic E-state index is 0.0335. The highest BCUT2D eigenvalue weighted by Crippen LogP contribution is 2.26. The number of hydrogen-bond donors (Lipinski definition) is 2. The SMILES string of the molecule is COc1cc(CC(=O)N(C)CCCN(C)C=O)ccc1NC(=O)Nc1ccccc1C. The van der Waals surface area contributed by atoms with E-state index in [4.69, 9.17) is 4.74 Å². The van der Waals surface area contributed by atoms with Crippen molar-refractivity contribution in [1.82, 2.24) is 9.80 Å². The van der Waals surface area contributed by atoms with Gasteiger partial charge in [0.2, 0.25) is 12.3 Å². The number of para-hydroxylation sites is 1. The minimum atomic E-state index is -0.378. The third kappa shape index (κ3) is 7.33. The zero-order chi connectivity index (χ0) is 22.8. The van der Waals surface area contributed by atoms with Crippen LogP contribution < -0.4 is 15.4 Å². The maximum absolute atomic E-state index is 12.5. The number of urea groups is 1. The fraction of sp³-hybridized carbons (Fsp3) is 0.348. The van der Waals surface area contributed by atoms with E-state index in [1.165, 1.54) is 7.11 Å². The van der Waals surface area contributed by atoms with Gasteiger partial charge in [-0.2, -0.15) is 0 Å². The molecule has 2 aromatic rings. The van der Waals surface area contributed by atoms with E-state index in [0.717, 1.165) is 23.2 Å². The Hall–Kier alpha value is -3.55. The number of amides is 4. The molecular formula is C23H30N4O4. The van der Waals surface area contributed by atoms with Gasteiger partial charge in [0, 0.05) is 32.9 Å². The summed E-state index contributed by atoms with van der Waals surface area (Å²) in [4.78, 5) is 38.6. The van der Waals surface area contributed by atoms with Gasteiger partial charge in [-0.15, -0.1) is 0 Å². The van der Waals surface area contributed by atoms with Crippen molar-refractivity contribution in [1.29, 1.82) is 0 Å². The number of methoxy groups -OCH3 is 1. The molecule has 0 bridgehead atoms. The number of nitrogens with one attached hydrogen (secondary N) is 2. The normalized spacial score (nSPS) is 10.2. The Morgan fingerprint density at radius 2 is 1.74 bits per heavy atom. The summed E-state index contributed by atoms with van der Waals surface area (Å²) >= 11 is 0. The number of nitrogens with zero attached hydrogens (tertiary/aromatic N) is 2. The average molecular weight is 427 g/mol. The van der Waals surface area contributed by atoms with Crippen molar-refractivity contribution in [3.05, 3.63) is 53.6 Å². The molecule has 31 heavy (non-hydrogen) atoms. The van der Waals surface area contributed by atoms with Gasteiger partial charge in [0.1, 0.15) is 5.75 Å². The summed E-state index contributed by atoms with van der Waals surface area (Å²) in [6.07, 6.45) is 1.69. The predicted octanol–water partition coefficient (Wildman–Crippen LogP) is 3.13. The molecule has 0 spiro atoms. The lowest BCUT2D eigenvalue weighted by atomic mass is 10.1. The molecule has 166 valence electrons. The minimum Gasteiger partial charge on any atom is -0.495 e. The Bertz CT molecular complexity index is 916. The first kappa shape index (κ1) is 23.7. The van der Waals surface area contributed by atoms with Gasteiger partial charge in [-0.3, -0.25) is 9.59 Å². The van der Waals surface area contributed by atoms with Crippen LogP contribution in [0.15, 0.2) is 42.5 Å². The van der Waals surface area contributed by atoms with Crippen LogP contribution in [0.1, 0.15) is 17.5 Å². The largest absolute Gasteiger partial charge is 0.495 e. The average Bonchev–Trinajstić information content (AvgIpc) is 2.76. The van der Waals surface area contributed by atoms with Crippen LogP contribution in [0, 0.1) is 6.92 Å². The Morgan fingerprint density at radius 1 is 1.03 bits per heavy atom. The van der Waals surface area contributed by atoms with Crippen LogP contribution in [-0.4, -0.2) is 62.4 Å². The van der Waals surface area contributed by atoms with Crippen LogP contribution in [0.2, 0.25) is 0 Å². The number of carbonyl (C=O) groups excluding carboxylic acids is 3. The third-order valence-corrected chi connectivity index (χ3v) is 4.87.